The number of unbranched alkanes of at least 4 members (excludes halogenated alkanes) is 14. The Labute approximate surface area is 205 Å². The van der Waals surface area contributed by atoms with Crippen LogP contribution in [0.4, 0.5) is 0 Å². The lowest BCUT2D eigenvalue weighted by atomic mass is 10.0. The van der Waals surface area contributed by atoms with Crippen molar-refractivity contribution in [2.45, 2.75) is 155 Å². The predicted molar refractivity (Wildman–Crippen MR) is 140 cm³/mol. The van der Waals surface area contributed by atoms with Crippen molar-refractivity contribution in [3.05, 3.63) is 0 Å². The third kappa shape index (κ3) is 25.4. The van der Waals surface area contributed by atoms with Gasteiger partial charge in [0.25, 0.3) is 0 Å². The Morgan fingerprint density at radius 1 is 0.545 bits per heavy atom. The lowest BCUT2D eigenvalue weighted by molar-refractivity contribution is -0.123. The molecule has 0 aromatic carbocycles. The molecule has 3 N–H and O–H groups in total. The van der Waals surface area contributed by atoms with E-state index in [0.29, 0.717) is 25.9 Å². The van der Waals surface area contributed by atoms with Crippen LogP contribution in [0.1, 0.15) is 149 Å². The smallest absolute Gasteiger partial charge is 0.220 e. The molecule has 0 saturated carbocycles. The molecule has 0 aliphatic carbocycles. The fourth-order valence-electron chi connectivity index (χ4n) is 4.15. The topological polar surface area (TPSA) is 78.4 Å². The fourth-order valence-corrected chi connectivity index (χ4v) is 4.15. The van der Waals surface area contributed by atoms with Crippen molar-refractivity contribution in [1.29, 1.82) is 0 Å². The third-order valence-corrected chi connectivity index (χ3v) is 6.36. The molecule has 196 valence electrons. The first-order valence-corrected chi connectivity index (χ1v) is 14.3. The molecule has 0 radical (unpaired) electrons. The second-order valence-electron chi connectivity index (χ2n) is 9.73. The highest BCUT2D eigenvalue weighted by molar-refractivity contribution is 5.77. The van der Waals surface area contributed by atoms with Gasteiger partial charge in [0.2, 0.25) is 11.8 Å². The summed E-state index contributed by atoms with van der Waals surface area (Å²) in [7, 11) is 0. The molecule has 0 bridgehead atoms. The van der Waals surface area contributed by atoms with Crippen LogP contribution in [0.25, 0.3) is 0 Å². The van der Waals surface area contributed by atoms with E-state index in [1.54, 1.807) is 0 Å². The number of carbonyl (C=O) groups excluding carboxylic acids is 2. The Morgan fingerprint density at radius 3 is 1.30 bits per heavy atom. The monoisotopic (exact) mass is 468 g/mol. The van der Waals surface area contributed by atoms with Crippen molar-refractivity contribution in [2.24, 2.45) is 0 Å². The Hall–Kier alpha value is -1.10. The summed E-state index contributed by atoms with van der Waals surface area (Å²) in [5, 5.41) is 15.8. The summed E-state index contributed by atoms with van der Waals surface area (Å²) in [4.78, 5) is 23.6. The van der Waals surface area contributed by atoms with E-state index in [2.05, 4.69) is 24.5 Å². The van der Waals surface area contributed by atoms with E-state index in [4.69, 9.17) is 0 Å². The summed E-state index contributed by atoms with van der Waals surface area (Å²) in [6.07, 6.45) is 23.1. The molecule has 0 rings (SSSR count). The second-order valence-corrected chi connectivity index (χ2v) is 9.73. The van der Waals surface area contributed by atoms with Gasteiger partial charge in [-0.05, 0) is 25.7 Å². The highest BCUT2D eigenvalue weighted by Crippen LogP contribution is 2.14. The molecule has 33 heavy (non-hydrogen) atoms. The van der Waals surface area contributed by atoms with Crippen LogP contribution < -0.4 is 10.6 Å². The molecule has 0 aliphatic heterocycles. The minimum absolute atomic E-state index is 0.0930. The molecule has 0 aliphatic rings. The van der Waals surface area contributed by atoms with Crippen LogP contribution in [-0.4, -0.2) is 36.1 Å². The van der Waals surface area contributed by atoms with E-state index < -0.39 is 0 Å². The zero-order valence-electron chi connectivity index (χ0n) is 22.1. The Kier molecular flexibility index (Phi) is 24.7. The number of aliphatic hydroxyl groups excluding tert-OH is 1. The van der Waals surface area contributed by atoms with Gasteiger partial charge in [0.15, 0.2) is 0 Å². The predicted octanol–water partition coefficient (Wildman–Crippen LogP) is 6.81. The van der Waals surface area contributed by atoms with Crippen LogP contribution in [0, 0.1) is 0 Å². The van der Waals surface area contributed by atoms with Crippen molar-refractivity contribution < 1.29 is 14.7 Å². The summed E-state index contributed by atoms with van der Waals surface area (Å²) in [5.74, 6) is 0.191. The first kappa shape index (κ1) is 31.9. The van der Waals surface area contributed by atoms with E-state index in [9.17, 15) is 14.7 Å². The number of aliphatic hydroxyl groups is 1. The summed E-state index contributed by atoms with van der Waals surface area (Å²) in [6.45, 7) is 5.45. The Balaban J connectivity index is 3.32. The molecular weight excluding hydrogens is 412 g/mol. The SMILES string of the molecule is CCCCCCCC(=O)NCCNC(=O)CCCCCCCCCCC(O)CCCCCC. The molecule has 1 unspecified atom stereocenters. The van der Waals surface area contributed by atoms with Gasteiger partial charge in [0.1, 0.15) is 0 Å². The van der Waals surface area contributed by atoms with Crippen LogP contribution in [-0.2, 0) is 9.59 Å². The van der Waals surface area contributed by atoms with Gasteiger partial charge in [0.05, 0.1) is 6.10 Å². The Morgan fingerprint density at radius 2 is 0.879 bits per heavy atom. The van der Waals surface area contributed by atoms with E-state index in [-0.39, 0.29) is 17.9 Å². The van der Waals surface area contributed by atoms with E-state index in [1.807, 2.05) is 0 Å². The van der Waals surface area contributed by atoms with Crippen LogP contribution >= 0.6 is 0 Å². The average Bonchev–Trinajstić information content (AvgIpc) is 2.80. The van der Waals surface area contributed by atoms with Crippen molar-refractivity contribution in [3.63, 3.8) is 0 Å². The number of carbonyl (C=O) groups is 2. The van der Waals surface area contributed by atoms with Gasteiger partial charge in [-0.15, -0.1) is 0 Å². The number of hydrogen-bond acceptors (Lipinski definition) is 3. The molecule has 0 spiro atoms. The van der Waals surface area contributed by atoms with E-state index in [0.717, 1.165) is 44.9 Å². The number of nitrogens with one attached hydrogen (secondary N) is 2. The number of rotatable bonds is 25. The molecule has 0 heterocycles. The van der Waals surface area contributed by atoms with Crippen molar-refractivity contribution in [3.8, 4) is 0 Å². The average molecular weight is 469 g/mol. The van der Waals surface area contributed by atoms with Gasteiger partial charge in [-0.25, -0.2) is 0 Å². The van der Waals surface area contributed by atoms with E-state index in [1.165, 1.54) is 77.0 Å². The second kappa shape index (κ2) is 25.5. The molecule has 1 atom stereocenters. The third-order valence-electron chi connectivity index (χ3n) is 6.36. The maximum atomic E-state index is 11.9. The van der Waals surface area contributed by atoms with Crippen LogP contribution in [0.15, 0.2) is 0 Å². The van der Waals surface area contributed by atoms with Crippen molar-refractivity contribution >= 4 is 11.8 Å². The largest absolute Gasteiger partial charge is 0.393 e. The molecule has 5 nitrogen and oxygen atoms in total. The van der Waals surface area contributed by atoms with Crippen molar-refractivity contribution in [1.82, 2.24) is 10.6 Å². The van der Waals surface area contributed by atoms with Gasteiger partial charge in [-0.1, -0.05) is 110 Å². The fraction of sp³-hybridized carbons (Fsp3) is 0.929. The minimum Gasteiger partial charge on any atom is -0.393 e. The quantitative estimate of drug-likeness (QED) is 0.129. The summed E-state index contributed by atoms with van der Waals surface area (Å²) in [6, 6.07) is 0. The Bertz CT molecular complexity index is 443. The first-order valence-electron chi connectivity index (χ1n) is 14.3. The highest BCUT2D eigenvalue weighted by atomic mass is 16.3. The molecule has 0 aromatic rings. The van der Waals surface area contributed by atoms with Gasteiger partial charge in [-0.3, -0.25) is 9.59 Å². The molecule has 0 saturated heterocycles. The van der Waals surface area contributed by atoms with Gasteiger partial charge in [-0.2, -0.15) is 0 Å². The van der Waals surface area contributed by atoms with Crippen LogP contribution in [0.2, 0.25) is 0 Å². The molecule has 0 aromatic heterocycles. The zero-order valence-corrected chi connectivity index (χ0v) is 22.1. The number of amides is 2. The lowest BCUT2D eigenvalue weighted by Crippen LogP contribution is -2.34. The summed E-state index contributed by atoms with van der Waals surface area (Å²) < 4.78 is 0. The highest BCUT2D eigenvalue weighted by Gasteiger charge is 2.04. The minimum atomic E-state index is -0.0930. The molecule has 0 fully saturated rings. The molecule has 5 heteroatoms. The van der Waals surface area contributed by atoms with Gasteiger partial charge >= 0.3 is 0 Å². The van der Waals surface area contributed by atoms with Crippen LogP contribution in [0.3, 0.4) is 0 Å². The van der Waals surface area contributed by atoms with E-state index >= 15 is 0 Å². The normalized spacial score (nSPS) is 12.0. The first-order chi connectivity index (χ1) is 16.1. The standard InChI is InChI=1S/C28H56N2O3/c1-3-5-7-13-18-22-27(32)29-24-25-30-28(33)23-19-15-12-10-9-11-14-17-21-26(31)20-16-8-6-4-2/h26,31H,3-25H2,1-2H3,(H,29,32)(H,30,33). The van der Waals surface area contributed by atoms with Crippen LogP contribution in [0.5, 0.6) is 0 Å². The molecular formula is C28H56N2O3. The number of hydrogen-bond donors (Lipinski definition) is 3. The summed E-state index contributed by atoms with van der Waals surface area (Å²) in [5.41, 5.74) is 0. The zero-order chi connectivity index (χ0) is 24.4. The van der Waals surface area contributed by atoms with Crippen molar-refractivity contribution in [2.75, 3.05) is 13.1 Å². The van der Waals surface area contributed by atoms with Gasteiger partial charge in [0, 0.05) is 25.9 Å². The maximum Gasteiger partial charge on any atom is 0.220 e. The lowest BCUT2D eigenvalue weighted by Gasteiger charge is -2.10. The maximum absolute atomic E-state index is 11.9. The summed E-state index contributed by atoms with van der Waals surface area (Å²) >= 11 is 0. The molecule has 2 amide bonds. The van der Waals surface area contributed by atoms with Gasteiger partial charge < -0.3 is 15.7 Å².